The van der Waals surface area contributed by atoms with Crippen LogP contribution in [0.4, 0.5) is 5.69 Å². The Morgan fingerprint density at radius 1 is 1.50 bits per heavy atom. The lowest BCUT2D eigenvalue weighted by Crippen LogP contribution is -2.19. The van der Waals surface area contributed by atoms with Crippen LogP contribution >= 0.6 is 0 Å². The summed E-state index contributed by atoms with van der Waals surface area (Å²) >= 11 is 0. The van der Waals surface area contributed by atoms with Gasteiger partial charge in [-0.15, -0.1) is 0 Å². The van der Waals surface area contributed by atoms with Crippen LogP contribution in [0.5, 0.6) is 0 Å². The van der Waals surface area contributed by atoms with E-state index in [2.05, 4.69) is 9.97 Å². The number of hydrogen-bond donors (Lipinski definition) is 3. The normalized spacial score (nSPS) is 10.6. The van der Waals surface area contributed by atoms with Crippen molar-refractivity contribution in [2.24, 2.45) is 0 Å². The Hall–Kier alpha value is -2.37. The van der Waals surface area contributed by atoms with Gasteiger partial charge in [-0.05, 0) is 24.6 Å². The Labute approximate surface area is 89.7 Å². The fourth-order valence-electron chi connectivity index (χ4n) is 1.40. The maximum Gasteiger partial charge on any atom is 0.360 e. The number of fused-ring (bicyclic) bond motifs is 1. The highest BCUT2D eigenvalue weighted by atomic mass is 16.4. The van der Waals surface area contributed by atoms with E-state index in [9.17, 15) is 9.59 Å². The van der Waals surface area contributed by atoms with Gasteiger partial charge in [0.05, 0.1) is 11.0 Å². The minimum absolute atomic E-state index is 0.361. The van der Waals surface area contributed by atoms with E-state index in [4.69, 9.17) is 10.8 Å². The largest absolute Gasteiger partial charge is 0.476 e. The third-order valence-electron chi connectivity index (χ3n) is 2.28. The van der Waals surface area contributed by atoms with Crippen molar-refractivity contribution in [2.45, 2.75) is 6.92 Å². The number of benzene rings is 1. The molecule has 0 fully saturated rings. The second kappa shape index (κ2) is 3.34. The van der Waals surface area contributed by atoms with E-state index in [1.807, 2.05) is 0 Å². The molecule has 2 aromatic rings. The maximum atomic E-state index is 11.3. The van der Waals surface area contributed by atoms with E-state index < -0.39 is 17.2 Å². The number of aromatic nitrogens is 2. The Bertz CT molecular complexity index is 646. The first-order valence-corrected chi connectivity index (χ1v) is 4.52. The lowest BCUT2D eigenvalue weighted by Gasteiger charge is -2.03. The number of nitrogens with one attached hydrogen (secondary N) is 1. The molecular formula is C10H9N3O3. The molecule has 82 valence electrons. The number of aryl methyl sites for hydroxylation is 1. The molecule has 0 aliphatic carbocycles. The third kappa shape index (κ3) is 1.50. The molecule has 2 rings (SSSR count). The lowest BCUT2D eigenvalue weighted by atomic mass is 10.1. The van der Waals surface area contributed by atoms with Crippen molar-refractivity contribution in [1.29, 1.82) is 0 Å². The molecule has 6 nitrogen and oxygen atoms in total. The quantitative estimate of drug-likeness (QED) is 0.605. The topological polar surface area (TPSA) is 109 Å². The number of nitrogens with two attached hydrogens (primary N) is 1. The summed E-state index contributed by atoms with van der Waals surface area (Å²) in [7, 11) is 0. The Balaban J connectivity index is 2.85. The zero-order chi connectivity index (χ0) is 11.9. The van der Waals surface area contributed by atoms with Crippen molar-refractivity contribution >= 4 is 22.7 Å². The molecule has 0 aliphatic heterocycles. The summed E-state index contributed by atoms with van der Waals surface area (Å²) < 4.78 is 0. The van der Waals surface area contributed by atoms with E-state index in [0.29, 0.717) is 16.7 Å². The molecule has 0 saturated carbocycles. The molecule has 6 heteroatoms. The highest BCUT2D eigenvalue weighted by Gasteiger charge is 2.12. The fourth-order valence-corrected chi connectivity index (χ4v) is 1.40. The zero-order valence-corrected chi connectivity index (χ0v) is 8.44. The van der Waals surface area contributed by atoms with Crippen molar-refractivity contribution in [2.75, 3.05) is 5.73 Å². The van der Waals surface area contributed by atoms with Crippen molar-refractivity contribution in [3.05, 3.63) is 33.7 Å². The molecule has 0 unspecified atom stereocenters. The molecule has 1 aromatic heterocycles. The number of carboxylic acid groups (broad SMARTS) is 1. The van der Waals surface area contributed by atoms with Gasteiger partial charge >= 0.3 is 5.97 Å². The predicted molar refractivity (Wildman–Crippen MR) is 58.5 cm³/mol. The average molecular weight is 219 g/mol. The molecule has 0 bridgehead atoms. The number of anilines is 1. The van der Waals surface area contributed by atoms with E-state index in [1.165, 1.54) is 6.07 Å². The number of carbonyl (C=O) groups is 1. The van der Waals surface area contributed by atoms with Gasteiger partial charge in [0.25, 0.3) is 5.56 Å². The summed E-state index contributed by atoms with van der Waals surface area (Å²) in [6, 6.07) is 3.19. The van der Waals surface area contributed by atoms with Crippen LogP contribution in [0.15, 0.2) is 16.9 Å². The monoisotopic (exact) mass is 219 g/mol. The summed E-state index contributed by atoms with van der Waals surface area (Å²) in [4.78, 5) is 28.3. The lowest BCUT2D eigenvalue weighted by molar-refractivity contribution is 0.0689. The maximum absolute atomic E-state index is 11.3. The number of carboxylic acids is 1. The predicted octanol–water partition coefficient (Wildman–Crippen LogP) is 0.512. The van der Waals surface area contributed by atoms with E-state index in [1.54, 1.807) is 13.0 Å². The number of nitrogen functional groups attached to an aromatic ring is 1. The van der Waals surface area contributed by atoms with Crippen molar-refractivity contribution in [1.82, 2.24) is 9.97 Å². The van der Waals surface area contributed by atoms with Gasteiger partial charge in [-0.25, -0.2) is 9.78 Å². The van der Waals surface area contributed by atoms with Crippen LogP contribution in [-0.2, 0) is 0 Å². The smallest absolute Gasteiger partial charge is 0.360 e. The highest BCUT2D eigenvalue weighted by Crippen LogP contribution is 2.17. The van der Waals surface area contributed by atoms with E-state index in [0.717, 1.165) is 5.56 Å². The van der Waals surface area contributed by atoms with Crippen LogP contribution in [0.3, 0.4) is 0 Å². The zero-order valence-electron chi connectivity index (χ0n) is 8.44. The molecule has 0 atom stereocenters. The second-order valence-electron chi connectivity index (χ2n) is 3.45. The van der Waals surface area contributed by atoms with Crippen molar-refractivity contribution in [3.63, 3.8) is 0 Å². The number of aromatic amines is 1. The molecule has 1 aromatic carbocycles. The SMILES string of the molecule is Cc1cc2[nH]c(=O)c(C(=O)O)nc2cc1N. The molecule has 0 spiro atoms. The molecule has 4 N–H and O–H groups in total. The van der Waals surface area contributed by atoms with Crippen LogP contribution < -0.4 is 11.3 Å². The summed E-state index contributed by atoms with van der Waals surface area (Å²) in [5.74, 6) is -1.36. The second-order valence-corrected chi connectivity index (χ2v) is 3.45. The summed E-state index contributed by atoms with van der Waals surface area (Å²) in [5, 5.41) is 8.74. The van der Waals surface area contributed by atoms with Gasteiger partial charge in [-0.3, -0.25) is 4.79 Å². The fraction of sp³-hybridized carbons (Fsp3) is 0.100. The van der Waals surface area contributed by atoms with Crippen LogP contribution in [-0.4, -0.2) is 21.0 Å². The van der Waals surface area contributed by atoms with Crippen LogP contribution in [0, 0.1) is 6.92 Å². The Kier molecular flexibility index (Phi) is 2.12. The summed E-state index contributed by atoms with van der Waals surface area (Å²) in [5.41, 5.74) is 6.56. The Morgan fingerprint density at radius 2 is 2.19 bits per heavy atom. The van der Waals surface area contributed by atoms with Gasteiger partial charge < -0.3 is 15.8 Å². The summed E-state index contributed by atoms with van der Waals surface area (Å²) in [6.45, 7) is 1.79. The van der Waals surface area contributed by atoms with Crippen LogP contribution in [0.1, 0.15) is 16.1 Å². The standard InChI is InChI=1S/C10H9N3O3/c1-4-2-6-7(3-5(4)11)12-8(10(15)16)9(14)13-6/h2-3H,11H2,1H3,(H,13,14)(H,15,16). The van der Waals surface area contributed by atoms with Gasteiger partial charge in [0, 0.05) is 5.69 Å². The van der Waals surface area contributed by atoms with Crippen LogP contribution in [0.2, 0.25) is 0 Å². The first-order chi connectivity index (χ1) is 7.49. The molecular weight excluding hydrogens is 210 g/mol. The van der Waals surface area contributed by atoms with E-state index in [-0.39, 0.29) is 0 Å². The molecule has 1 heterocycles. The number of rotatable bonds is 1. The van der Waals surface area contributed by atoms with Gasteiger partial charge in [0.2, 0.25) is 5.69 Å². The van der Waals surface area contributed by atoms with Gasteiger partial charge in [0.15, 0.2) is 0 Å². The van der Waals surface area contributed by atoms with Crippen molar-refractivity contribution in [3.8, 4) is 0 Å². The van der Waals surface area contributed by atoms with Gasteiger partial charge in [-0.2, -0.15) is 0 Å². The molecule has 0 amide bonds. The minimum atomic E-state index is -1.36. The van der Waals surface area contributed by atoms with Gasteiger partial charge in [0.1, 0.15) is 0 Å². The van der Waals surface area contributed by atoms with Crippen LogP contribution in [0.25, 0.3) is 11.0 Å². The van der Waals surface area contributed by atoms with E-state index >= 15 is 0 Å². The van der Waals surface area contributed by atoms with Crippen molar-refractivity contribution < 1.29 is 9.90 Å². The highest BCUT2D eigenvalue weighted by molar-refractivity contribution is 5.88. The first kappa shape index (κ1) is 10.2. The minimum Gasteiger partial charge on any atom is -0.476 e. The average Bonchev–Trinajstić information content (AvgIpc) is 2.19. The number of hydrogen-bond acceptors (Lipinski definition) is 4. The first-order valence-electron chi connectivity index (χ1n) is 4.52. The molecule has 16 heavy (non-hydrogen) atoms. The number of nitrogens with zero attached hydrogens (tertiary/aromatic N) is 1. The molecule has 0 radical (unpaired) electrons. The number of aromatic carboxylic acids is 1. The Morgan fingerprint density at radius 3 is 2.81 bits per heavy atom. The number of H-pyrrole nitrogens is 1. The molecule has 0 aliphatic rings. The van der Waals surface area contributed by atoms with Gasteiger partial charge in [-0.1, -0.05) is 0 Å². The molecule has 0 saturated heterocycles. The third-order valence-corrected chi connectivity index (χ3v) is 2.28. The summed E-state index contributed by atoms with van der Waals surface area (Å²) in [6.07, 6.45) is 0.